The van der Waals surface area contributed by atoms with Crippen molar-refractivity contribution in [2.75, 3.05) is 5.32 Å². The first-order valence-corrected chi connectivity index (χ1v) is 6.44. The second-order valence-electron chi connectivity index (χ2n) is 4.97. The maximum atomic E-state index is 13.7. The Balaban J connectivity index is 2.14. The third kappa shape index (κ3) is 3.04. The third-order valence-corrected chi connectivity index (χ3v) is 3.47. The highest BCUT2D eigenvalue weighted by Crippen LogP contribution is 2.27. The Morgan fingerprint density at radius 3 is 2.50 bits per heavy atom. The molecule has 1 aliphatic carbocycles. The molecule has 1 amide bonds. The van der Waals surface area contributed by atoms with E-state index in [0.717, 1.165) is 5.56 Å². The number of aryl methyl sites for hydroxylation is 1. The van der Waals surface area contributed by atoms with Gasteiger partial charge in [0.2, 0.25) is 5.91 Å². The van der Waals surface area contributed by atoms with Gasteiger partial charge in [-0.1, -0.05) is 18.2 Å². The Morgan fingerprint density at radius 1 is 1.25 bits per heavy atom. The van der Waals surface area contributed by atoms with Crippen molar-refractivity contribution in [3.8, 4) is 0 Å². The molecule has 106 valence electrons. The monoisotopic (exact) mass is 277 g/mol. The van der Waals surface area contributed by atoms with Gasteiger partial charge in [-0.2, -0.15) is 0 Å². The fourth-order valence-electron chi connectivity index (χ4n) is 2.32. The molecule has 0 spiro atoms. The van der Waals surface area contributed by atoms with Crippen LogP contribution in [0.25, 0.3) is 0 Å². The van der Waals surface area contributed by atoms with E-state index in [2.05, 4.69) is 5.32 Å². The lowest BCUT2D eigenvalue weighted by molar-refractivity contribution is -0.146. The van der Waals surface area contributed by atoms with E-state index in [1.54, 1.807) is 25.1 Å². The summed E-state index contributed by atoms with van der Waals surface area (Å²) in [5.41, 5.74) is 0.837. The second kappa shape index (κ2) is 5.86. The summed E-state index contributed by atoms with van der Waals surface area (Å²) in [6.45, 7) is 1.75. The predicted octanol–water partition coefficient (Wildman–Crippen LogP) is 2.74. The van der Waals surface area contributed by atoms with Gasteiger partial charge < -0.3 is 10.4 Å². The zero-order chi connectivity index (χ0) is 14.7. The van der Waals surface area contributed by atoms with Gasteiger partial charge in [-0.25, -0.2) is 4.39 Å². The van der Waals surface area contributed by atoms with Crippen molar-refractivity contribution in [3.63, 3.8) is 0 Å². The van der Waals surface area contributed by atoms with E-state index in [1.807, 2.05) is 0 Å². The predicted molar refractivity (Wildman–Crippen MR) is 72.8 cm³/mol. The summed E-state index contributed by atoms with van der Waals surface area (Å²) in [5.74, 6) is -3.40. The van der Waals surface area contributed by atoms with Crippen molar-refractivity contribution >= 4 is 17.6 Å². The van der Waals surface area contributed by atoms with Gasteiger partial charge >= 0.3 is 5.97 Å². The van der Waals surface area contributed by atoms with Gasteiger partial charge in [0.1, 0.15) is 5.82 Å². The molecule has 1 aliphatic rings. The Bertz CT molecular complexity index is 568. The fourth-order valence-corrected chi connectivity index (χ4v) is 2.32. The van der Waals surface area contributed by atoms with Crippen LogP contribution in [0.4, 0.5) is 10.1 Å². The first-order valence-electron chi connectivity index (χ1n) is 6.44. The molecule has 0 heterocycles. The summed E-state index contributed by atoms with van der Waals surface area (Å²) < 4.78 is 13.7. The van der Waals surface area contributed by atoms with E-state index < -0.39 is 29.5 Å². The fraction of sp³-hybridized carbons (Fsp3) is 0.333. The lowest BCUT2D eigenvalue weighted by atomic mass is 9.82. The smallest absolute Gasteiger partial charge is 0.307 e. The maximum Gasteiger partial charge on any atom is 0.307 e. The van der Waals surface area contributed by atoms with Crippen molar-refractivity contribution < 1.29 is 19.1 Å². The van der Waals surface area contributed by atoms with Gasteiger partial charge in [0.05, 0.1) is 17.5 Å². The summed E-state index contributed by atoms with van der Waals surface area (Å²) in [7, 11) is 0. The first kappa shape index (κ1) is 14.2. The van der Waals surface area contributed by atoms with Gasteiger partial charge in [-0.05, 0) is 37.5 Å². The van der Waals surface area contributed by atoms with E-state index in [4.69, 9.17) is 5.11 Å². The van der Waals surface area contributed by atoms with E-state index in [0.29, 0.717) is 12.8 Å². The zero-order valence-electron chi connectivity index (χ0n) is 11.1. The van der Waals surface area contributed by atoms with E-state index in [-0.39, 0.29) is 5.69 Å². The Kier molecular flexibility index (Phi) is 4.17. The van der Waals surface area contributed by atoms with Crippen LogP contribution in [0.5, 0.6) is 0 Å². The molecule has 4 nitrogen and oxygen atoms in total. The number of carboxylic acid groups (broad SMARTS) is 1. The molecule has 0 aliphatic heterocycles. The average molecular weight is 277 g/mol. The number of hydrogen-bond acceptors (Lipinski definition) is 2. The molecule has 0 bridgehead atoms. The third-order valence-electron chi connectivity index (χ3n) is 3.47. The quantitative estimate of drug-likeness (QED) is 0.835. The number of allylic oxidation sites excluding steroid dienone is 2. The van der Waals surface area contributed by atoms with Crippen LogP contribution in [-0.2, 0) is 9.59 Å². The summed E-state index contributed by atoms with van der Waals surface area (Å²) in [6.07, 6.45) is 4.23. The molecule has 2 unspecified atom stereocenters. The minimum Gasteiger partial charge on any atom is -0.481 e. The number of nitrogens with one attached hydrogen (secondary N) is 1. The lowest BCUT2D eigenvalue weighted by Gasteiger charge is -2.24. The molecule has 1 aromatic rings. The number of carbonyl (C=O) groups is 2. The molecular formula is C15H16FNO3. The number of anilines is 1. The van der Waals surface area contributed by atoms with Gasteiger partial charge in [0.25, 0.3) is 0 Å². The number of hydrogen-bond donors (Lipinski definition) is 2. The van der Waals surface area contributed by atoms with Gasteiger partial charge in [0, 0.05) is 0 Å². The van der Waals surface area contributed by atoms with Crippen LogP contribution in [0.2, 0.25) is 0 Å². The summed E-state index contributed by atoms with van der Waals surface area (Å²) >= 11 is 0. The molecule has 0 saturated carbocycles. The van der Waals surface area contributed by atoms with E-state index >= 15 is 0 Å². The van der Waals surface area contributed by atoms with Crippen molar-refractivity contribution in [3.05, 3.63) is 41.7 Å². The van der Waals surface area contributed by atoms with Crippen molar-refractivity contribution in [1.29, 1.82) is 0 Å². The molecule has 5 heteroatoms. The number of carboxylic acids is 1. The molecule has 20 heavy (non-hydrogen) atoms. The minimum absolute atomic E-state index is 0.0827. The Hall–Kier alpha value is -2.17. The van der Waals surface area contributed by atoms with Crippen LogP contribution >= 0.6 is 0 Å². The molecular weight excluding hydrogens is 261 g/mol. The second-order valence-corrected chi connectivity index (χ2v) is 4.97. The number of halogens is 1. The summed E-state index contributed by atoms with van der Waals surface area (Å²) in [4.78, 5) is 23.3. The van der Waals surface area contributed by atoms with Crippen molar-refractivity contribution in [1.82, 2.24) is 0 Å². The summed E-state index contributed by atoms with van der Waals surface area (Å²) in [5, 5.41) is 11.6. The largest absolute Gasteiger partial charge is 0.481 e. The standard InChI is InChI=1S/C15H16FNO3/c1-9-6-7-13(12(16)8-9)17-14(18)10-4-2-3-5-11(10)15(19)20/h2-3,6-8,10-11H,4-5H2,1H3,(H,17,18)(H,19,20). The number of aliphatic carboxylic acids is 1. The number of rotatable bonds is 3. The molecule has 2 atom stereocenters. The molecule has 0 radical (unpaired) electrons. The molecule has 1 aromatic carbocycles. The van der Waals surface area contributed by atoms with Crippen LogP contribution in [0, 0.1) is 24.6 Å². The number of amides is 1. The molecule has 2 N–H and O–H groups in total. The number of benzene rings is 1. The van der Waals surface area contributed by atoms with Crippen LogP contribution < -0.4 is 5.32 Å². The minimum atomic E-state index is -1.00. The molecule has 2 rings (SSSR count). The SMILES string of the molecule is Cc1ccc(NC(=O)C2CC=CCC2C(=O)O)c(F)c1. The first-order chi connectivity index (χ1) is 9.49. The highest BCUT2D eigenvalue weighted by molar-refractivity contribution is 5.95. The van der Waals surface area contributed by atoms with Crippen LogP contribution in [0.3, 0.4) is 0 Å². The van der Waals surface area contributed by atoms with Gasteiger partial charge in [-0.15, -0.1) is 0 Å². The molecule has 0 fully saturated rings. The summed E-state index contributed by atoms with van der Waals surface area (Å²) in [6, 6.07) is 4.50. The van der Waals surface area contributed by atoms with Crippen molar-refractivity contribution in [2.45, 2.75) is 19.8 Å². The molecule has 0 aromatic heterocycles. The normalized spacial score (nSPS) is 21.5. The van der Waals surface area contributed by atoms with Crippen molar-refractivity contribution in [2.24, 2.45) is 11.8 Å². The highest BCUT2D eigenvalue weighted by atomic mass is 19.1. The Labute approximate surface area is 116 Å². The number of carbonyl (C=O) groups excluding carboxylic acids is 1. The van der Waals surface area contributed by atoms with Gasteiger partial charge in [0.15, 0.2) is 0 Å². The maximum absolute atomic E-state index is 13.7. The Morgan fingerprint density at radius 2 is 1.90 bits per heavy atom. The lowest BCUT2D eigenvalue weighted by Crippen LogP contribution is -2.34. The topological polar surface area (TPSA) is 66.4 Å². The van der Waals surface area contributed by atoms with Crippen LogP contribution in [0.15, 0.2) is 30.4 Å². The zero-order valence-corrected chi connectivity index (χ0v) is 11.1. The van der Waals surface area contributed by atoms with Crippen LogP contribution in [0.1, 0.15) is 18.4 Å². The highest BCUT2D eigenvalue weighted by Gasteiger charge is 2.34. The van der Waals surface area contributed by atoms with E-state index in [9.17, 15) is 14.0 Å². The van der Waals surface area contributed by atoms with Gasteiger partial charge in [-0.3, -0.25) is 9.59 Å². The van der Waals surface area contributed by atoms with Crippen LogP contribution in [-0.4, -0.2) is 17.0 Å². The van der Waals surface area contributed by atoms with E-state index in [1.165, 1.54) is 12.1 Å². The molecule has 0 saturated heterocycles. The average Bonchev–Trinajstić information content (AvgIpc) is 2.41.